The van der Waals surface area contributed by atoms with Gasteiger partial charge in [-0.3, -0.25) is 9.59 Å². The molecular formula is C17H23N3O3. The minimum atomic E-state index is -0.324. The van der Waals surface area contributed by atoms with E-state index in [1.807, 2.05) is 37.1 Å². The van der Waals surface area contributed by atoms with E-state index < -0.39 is 0 Å². The summed E-state index contributed by atoms with van der Waals surface area (Å²) in [4.78, 5) is 26.1. The number of carbonyl (C=O) groups is 2. The zero-order valence-electron chi connectivity index (χ0n) is 13.5. The maximum absolute atomic E-state index is 12.3. The summed E-state index contributed by atoms with van der Waals surface area (Å²) in [5, 5.41) is 15.0. The minimum Gasteiger partial charge on any atom is -0.394 e. The van der Waals surface area contributed by atoms with Gasteiger partial charge in [0, 0.05) is 25.6 Å². The lowest BCUT2D eigenvalue weighted by molar-refractivity contribution is -0.115. The van der Waals surface area contributed by atoms with Crippen molar-refractivity contribution in [3.63, 3.8) is 0 Å². The summed E-state index contributed by atoms with van der Waals surface area (Å²) in [6.07, 6.45) is 4.77. The Kier molecular flexibility index (Phi) is 5.76. The standard InChI is InChI=1S/C17H23N3O3/c1-3-4-5-13(11-21)18-17(23)12-6-7-15-14(10-12)19-16(22)8-9-20(15)2/h3-4,6-7,10,13,21H,5,8-9,11H2,1-2H3,(H,18,23)(H,19,22)/b4-3+. The van der Waals surface area contributed by atoms with Crippen molar-refractivity contribution in [1.29, 1.82) is 0 Å². The summed E-state index contributed by atoms with van der Waals surface area (Å²) in [7, 11) is 1.91. The molecule has 1 aliphatic rings. The predicted octanol–water partition coefficient (Wildman–Crippen LogP) is 1.52. The predicted molar refractivity (Wildman–Crippen MR) is 90.7 cm³/mol. The SMILES string of the molecule is C/C=C/CC(CO)NC(=O)c1ccc2c(c1)NC(=O)CCN2C. The largest absolute Gasteiger partial charge is 0.394 e. The van der Waals surface area contributed by atoms with Crippen molar-refractivity contribution in [2.75, 3.05) is 30.4 Å². The van der Waals surface area contributed by atoms with E-state index in [0.29, 0.717) is 30.6 Å². The van der Waals surface area contributed by atoms with Gasteiger partial charge in [0.2, 0.25) is 5.91 Å². The number of allylic oxidation sites excluding steroid dienone is 1. The third-order valence-corrected chi connectivity index (χ3v) is 3.83. The Labute approximate surface area is 136 Å². The molecule has 23 heavy (non-hydrogen) atoms. The van der Waals surface area contributed by atoms with Crippen LogP contribution in [0.5, 0.6) is 0 Å². The van der Waals surface area contributed by atoms with Gasteiger partial charge in [-0.25, -0.2) is 0 Å². The van der Waals surface area contributed by atoms with Crippen LogP contribution in [0.1, 0.15) is 30.1 Å². The van der Waals surface area contributed by atoms with Gasteiger partial charge in [0.25, 0.3) is 5.91 Å². The van der Waals surface area contributed by atoms with E-state index >= 15 is 0 Å². The summed E-state index contributed by atoms with van der Waals surface area (Å²) in [5.74, 6) is -0.327. The van der Waals surface area contributed by atoms with Crippen molar-refractivity contribution >= 4 is 23.2 Å². The summed E-state index contributed by atoms with van der Waals surface area (Å²) in [6.45, 7) is 2.41. The van der Waals surface area contributed by atoms with Gasteiger partial charge in [0.1, 0.15) is 0 Å². The molecule has 1 aromatic carbocycles. The number of hydrogen-bond acceptors (Lipinski definition) is 4. The number of benzene rings is 1. The molecule has 0 fully saturated rings. The second-order valence-corrected chi connectivity index (χ2v) is 5.61. The van der Waals surface area contributed by atoms with E-state index in [2.05, 4.69) is 10.6 Å². The molecule has 6 nitrogen and oxygen atoms in total. The first-order valence-electron chi connectivity index (χ1n) is 7.73. The first-order chi connectivity index (χ1) is 11.0. The van der Waals surface area contributed by atoms with Crippen LogP contribution in [0.15, 0.2) is 30.4 Å². The number of nitrogens with one attached hydrogen (secondary N) is 2. The molecule has 2 rings (SSSR count). The first-order valence-corrected chi connectivity index (χ1v) is 7.73. The van der Waals surface area contributed by atoms with Crippen LogP contribution in [0.4, 0.5) is 11.4 Å². The molecule has 0 spiro atoms. The smallest absolute Gasteiger partial charge is 0.251 e. The highest BCUT2D eigenvalue weighted by atomic mass is 16.3. The van der Waals surface area contributed by atoms with Crippen LogP contribution in [0.2, 0.25) is 0 Å². The fraction of sp³-hybridized carbons (Fsp3) is 0.412. The molecule has 0 saturated heterocycles. The monoisotopic (exact) mass is 317 g/mol. The molecule has 1 aliphatic heterocycles. The number of fused-ring (bicyclic) bond motifs is 1. The van der Waals surface area contributed by atoms with Crippen LogP contribution in [-0.2, 0) is 4.79 Å². The van der Waals surface area contributed by atoms with Crippen molar-refractivity contribution in [2.45, 2.75) is 25.8 Å². The number of nitrogens with zero attached hydrogens (tertiary/aromatic N) is 1. The number of hydrogen-bond donors (Lipinski definition) is 3. The Morgan fingerprint density at radius 2 is 2.30 bits per heavy atom. The van der Waals surface area contributed by atoms with Crippen LogP contribution < -0.4 is 15.5 Å². The van der Waals surface area contributed by atoms with Crippen LogP contribution >= 0.6 is 0 Å². The van der Waals surface area contributed by atoms with Gasteiger partial charge in [-0.15, -0.1) is 0 Å². The quantitative estimate of drug-likeness (QED) is 0.719. The van der Waals surface area contributed by atoms with E-state index in [1.54, 1.807) is 12.1 Å². The molecule has 0 radical (unpaired) electrons. The van der Waals surface area contributed by atoms with Crippen molar-refractivity contribution in [1.82, 2.24) is 5.32 Å². The van der Waals surface area contributed by atoms with Gasteiger partial charge in [0.05, 0.1) is 24.0 Å². The molecule has 1 heterocycles. The highest BCUT2D eigenvalue weighted by Gasteiger charge is 2.19. The van der Waals surface area contributed by atoms with Crippen LogP contribution in [0, 0.1) is 0 Å². The van der Waals surface area contributed by atoms with E-state index in [1.165, 1.54) is 0 Å². The summed E-state index contributed by atoms with van der Waals surface area (Å²) in [5.41, 5.74) is 1.98. The Morgan fingerprint density at radius 3 is 3.00 bits per heavy atom. The highest BCUT2D eigenvalue weighted by Crippen LogP contribution is 2.28. The average molecular weight is 317 g/mol. The molecule has 1 atom stereocenters. The molecule has 6 heteroatoms. The summed E-state index contributed by atoms with van der Waals surface area (Å²) in [6, 6.07) is 4.91. The van der Waals surface area contributed by atoms with Crippen molar-refractivity contribution in [3.8, 4) is 0 Å². The molecule has 1 unspecified atom stereocenters. The molecule has 3 N–H and O–H groups in total. The highest BCUT2D eigenvalue weighted by molar-refractivity contribution is 6.01. The number of rotatable bonds is 5. The molecule has 124 valence electrons. The minimum absolute atomic E-state index is 0.0607. The van der Waals surface area contributed by atoms with Gasteiger partial charge in [-0.2, -0.15) is 0 Å². The fourth-order valence-electron chi connectivity index (χ4n) is 2.46. The maximum Gasteiger partial charge on any atom is 0.251 e. The van der Waals surface area contributed by atoms with E-state index in [4.69, 9.17) is 0 Å². The zero-order valence-corrected chi connectivity index (χ0v) is 13.5. The molecule has 2 amide bonds. The lowest BCUT2D eigenvalue weighted by atomic mass is 10.1. The fourth-order valence-corrected chi connectivity index (χ4v) is 2.46. The van der Waals surface area contributed by atoms with Crippen LogP contribution in [0.3, 0.4) is 0 Å². The molecule has 0 saturated carbocycles. The zero-order chi connectivity index (χ0) is 16.8. The van der Waals surface area contributed by atoms with Gasteiger partial charge < -0.3 is 20.6 Å². The van der Waals surface area contributed by atoms with E-state index in [0.717, 1.165) is 5.69 Å². The van der Waals surface area contributed by atoms with Gasteiger partial charge in [0.15, 0.2) is 0 Å². The third-order valence-electron chi connectivity index (χ3n) is 3.83. The molecule has 0 aromatic heterocycles. The van der Waals surface area contributed by atoms with Crippen molar-refractivity contribution < 1.29 is 14.7 Å². The first kappa shape index (κ1) is 17.0. The van der Waals surface area contributed by atoms with Gasteiger partial charge in [-0.05, 0) is 31.5 Å². The topological polar surface area (TPSA) is 81.7 Å². The molecule has 0 bridgehead atoms. The lowest BCUT2D eigenvalue weighted by Crippen LogP contribution is -2.37. The normalized spacial score (nSPS) is 15.8. The molecular weight excluding hydrogens is 294 g/mol. The van der Waals surface area contributed by atoms with Crippen molar-refractivity contribution in [3.05, 3.63) is 35.9 Å². The average Bonchev–Trinajstić information content (AvgIpc) is 2.69. The number of carbonyl (C=O) groups excluding carboxylic acids is 2. The number of aliphatic hydroxyl groups excluding tert-OH is 1. The van der Waals surface area contributed by atoms with Crippen LogP contribution in [0.25, 0.3) is 0 Å². The van der Waals surface area contributed by atoms with E-state index in [9.17, 15) is 14.7 Å². The summed E-state index contributed by atoms with van der Waals surface area (Å²) >= 11 is 0. The Morgan fingerprint density at radius 1 is 1.52 bits per heavy atom. The Balaban J connectivity index is 2.17. The molecule has 1 aromatic rings. The van der Waals surface area contributed by atoms with E-state index in [-0.39, 0.29) is 24.5 Å². The summed E-state index contributed by atoms with van der Waals surface area (Å²) < 4.78 is 0. The maximum atomic E-state index is 12.3. The van der Waals surface area contributed by atoms with Crippen molar-refractivity contribution in [2.24, 2.45) is 0 Å². The lowest BCUT2D eigenvalue weighted by Gasteiger charge is -2.19. The van der Waals surface area contributed by atoms with Crippen LogP contribution in [-0.4, -0.2) is 43.2 Å². The number of aliphatic hydroxyl groups is 1. The number of amides is 2. The molecule has 0 aliphatic carbocycles. The third kappa shape index (κ3) is 4.32. The van der Waals surface area contributed by atoms with Gasteiger partial charge >= 0.3 is 0 Å². The second kappa shape index (κ2) is 7.78. The second-order valence-electron chi connectivity index (χ2n) is 5.61. The number of anilines is 2. The van der Waals surface area contributed by atoms with Gasteiger partial charge in [-0.1, -0.05) is 12.2 Å². The Hall–Kier alpha value is -2.34. The Bertz CT molecular complexity index is 613.